The van der Waals surface area contributed by atoms with E-state index in [1.165, 1.54) is 0 Å². The van der Waals surface area contributed by atoms with Crippen LogP contribution in [0.4, 0.5) is 0 Å². The molecule has 0 fully saturated rings. The number of aromatic nitrogens is 3. The Morgan fingerprint density at radius 1 is 1.12 bits per heavy atom. The number of fused-ring (bicyclic) bond motifs is 1. The van der Waals surface area contributed by atoms with Gasteiger partial charge in [-0.1, -0.05) is 6.07 Å². The van der Waals surface area contributed by atoms with Gasteiger partial charge in [-0.2, -0.15) is 0 Å². The Labute approximate surface area is 145 Å². The van der Waals surface area contributed by atoms with Crippen LogP contribution in [0.25, 0.3) is 5.52 Å². The van der Waals surface area contributed by atoms with Crippen LogP contribution in [0.5, 0.6) is 0 Å². The molecule has 0 aliphatic carbocycles. The number of rotatable bonds is 5. The van der Waals surface area contributed by atoms with Crippen molar-refractivity contribution in [3.8, 4) is 0 Å². The van der Waals surface area contributed by atoms with Crippen molar-refractivity contribution in [1.82, 2.24) is 25.0 Å². The van der Waals surface area contributed by atoms with Gasteiger partial charge in [-0.15, -0.1) is 0 Å². The third kappa shape index (κ3) is 3.65. The Bertz CT molecular complexity index is 902. The first-order valence-electron chi connectivity index (χ1n) is 8.01. The van der Waals surface area contributed by atoms with E-state index >= 15 is 0 Å². The standard InChI is InChI=1S/C18H19N5O2/c1-12(2)21-18(25)16-22-15(14-5-3-4-10-23(14)16)17(24)20-11-13-6-8-19-9-7-13/h3-10,12H,11H2,1-2H3,(H,20,24)(H,21,25). The fraction of sp³-hybridized carbons (Fsp3) is 0.222. The van der Waals surface area contributed by atoms with Crippen LogP contribution >= 0.6 is 0 Å². The first kappa shape index (κ1) is 16.6. The topological polar surface area (TPSA) is 88.4 Å². The Hall–Kier alpha value is -3.22. The van der Waals surface area contributed by atoms with Crippen molar-refractivity contribution < 1.29 is 9.59 Å². The number of hydrogen-bond acceptors (Lipinski definition) is 4. The van der Waals surface area contributed by atoms with Gasteiger partial charge in [-0.05, 0) is 43.7 Å². The van der Waals surface area contributed by atoms with Gasteiger partial charge in [0.05, 0.1) is 5.52 Å². The molecule has 2 N–H and O–H groups in total. The minimum Gasteiger partial charge on any atom is -0.347 e. The van der Waals surface area contributed by atoms with Crippen LogP contribution in [0.1, 0.15) is 40.5 Å². The Morgan fingerprint density at radius 3 is 2.60 bits per heavy atom. The first-order chi connectivity index (χ1) is 12.1. The van der Waals surface area contributed by atoms with Crippen LogP contribution in [0.2, 0.25) is 0 Å². The Morgan fingerprint density at radius 2 is 1.88 bits per heavy atom. The predicted molar refractivity (Wildman–Crippen MR) is 93.2 cm³/mol. The van der Waals surface area contributed by atoms with Crippen molar-refractivity contribution >= 4 is 17.3 Å². The van der Waals surface area contributed by atoms with Gasteiger partial charge in [-0.3, -0.25) is 19.0 Å². The first-order valence-corrected chi connectivity index (χ1v) is 8.01. The molecule has 0 saturated heterocycles. The number of nitrogens with one attached hydrogen (secondary N) is 2. The smallest absolute Gasteiger partial charge is 0.287 e. The zero-order chi connectivity index (χ0) is 17.8. The van der Waals surface area contributed by atoms with Crippen LogP contribution in [-0.4, -0.2) is 32.2 Å². The van der Waals surface area contributed by atoms with E-state index in [2.05, 4.69) is 20.6 Å². The van der Waals surface area contributed by atoms with E-state index < -0.39 is 0 Å². The molecule has 0 saturated carbocycles. The number of imidazole rings is 1. The minimum absolute atomic E-state index is 0.0208. The lowest BCUT2D eigenvalue weighted by Crippen LogP contribution is -2.31. The molecule has 0 bridgehead atoms. The van der Waals surface area contributed by atoms with Crippen molar-refractivity contribution in [1.29, 1.82) is 0 Å². The Balaban J connectivity index is 1.88. The van der Waals surface area contributed by atoms with Gasteiger partial charge in [0.15, 0.2) is 5.69 Å². The van der Waals surface area contributed by atoms with E-state index in [4.69, 9.17) is 0 Å². The van der Waals surface area contributed by atoms with Crippen LogP contribution in [0.3, 0.4) is 0 Å². The fourth-order valence-electron chi connectivity index (χ4n) is 2.46. The van der Waals surface area contributed by atoms with Crippen molar-refractivity contribution in [2.75, 3.05) is 0 Å². The second-order valence-corrected chi connectivity index (χ2v) is 5.91. The largest absolute Gasteiger partial charge is 0.347 e. The quantitative estimate of drug-likeness (QED) is 0.743. The van der Waals surface area contributed by atoms with Gasteiger partial charge in [0.1, 0.15) is 0 Å². The number of hydrogen-bond donors (Lipinski definition) is 2. The third-order valence-electron chi connectivity index (χ3n) is 3.59. The summed E-state index contributed by atoms with van der Waals surface area (Å²) < 4.78 is 1.62. The van der Waals surface area contributed by atoms with Gasteiger partial charge in [0.2, 0.25) is 5.82 Å². The summed E-state index contributed by atoms with van der Waals surface area (Å²) in [7, 11) is 0. The molecule has 7 heteroatoms. The van der Waals surface area contributed by atoms with E-state index in [0.717, 1.165) is 5.56 Å². The second kappa shape index (κ2) is 7.12. The third-order valence-corrected chi connectivity index (χ3v) is 3.59. The molecule has 0 radical (unpaired) electrons. The molecule has 3 heterocycles. The van der Waals surface area contributed by atoms with Crippen LogP contribution in [0.15, 0.2) is 48.9 Å². The molecule has 7 nitrogen and oxygen atoms in total. The number of carbonyl (C=O) groups excluding carboxylic acids is 2. The molecule has 2 amide bonds. The molecule has 25 heavy (non-hydrogen) atoms. The van der Waals surface area contributed by atoms with Crippen LogP contribution in [-0.2, 0) is 6.54 Å². The van der Waals surface area contributed by atoms with E-state index in [0.29, 0.717) is 12.1 Å². The second-order valence-electron chi connectivity index (χ2n) is 5.91. The van der Waals surface area contributed by atoms with Gasteiger partial charge in [-0.25, -0.2) is 4.98 Å². The summed E-state index contributed by atoms with van der Waals surface area (Å²) in [5, 5.41) is 5.63. The molecule has 128 valence electrons. The number of nitrogens with zero attached hydrogens (tertiary/aromatic N) is 3. The lowest BCUT2D eigenvalue weighted by molar-refractivity contribution is 0.0932. The minimum atomic E-state index is -0.330. The van der Waals surface area contributed by atoms with Gasteiger partial charge in [0.25, 0.3) is 11.8 Å². The number of amides is 2. The molecule has 0 aromatic carbocycles. The summed E-state index contributed by atoms with van der Waals surface area (Å²) in [6, 6.07) is 8.99. The van der Waals surface area contributed by atoms with Crippen molar-refractivity contribution in [2.24, 2.45) is 0 Å². The fourth-order valence-corrected chi connectivity index (χ4v) is 2.46. The highest BCUT2D eigenvalue weighted by molar-refractivity contribution is 6.02. The highest BCUT2D eigenvalue weighted by atomic mass is 16.2. The van der Waals surface area contributed by atoms with Gasteiger partial charge >= 0.3 is 0 Å². The molecule has 0 aliphatic rings. The Kier molecular flexibility index (Phi) is 4.74. The van der Waals surface area contributed by atoms with Crippen LogP contribution in [0, 0.1) is 0 Å². The maximum atomic E-state index is 12.6. The predicted octanol–water partition coefficient (Wildman–Crippen LogP) is 1.80. The average molecular weight is 337 g/mol. The summed E-state index contributed by atoms with van der Waals surface area (Å²) in [5.41, 5.74) is 1.75. The summed E-state index contributed by atoms with van der Waals surface area (Å²) in [4.78, 5) is 33.1. The van der Waals surface area contributed by atoms with Gasteiger partial charge < -0.3 is 10.6 Å². The van der Waals surface area contributed by atoms with Crippen molar-refractivity contribution in [2.45, 2.75) is 26.4 Å². The zero-order valence-corrected chi connectivity index (χ0v) is 14.1. The summed E-state index contributed by atoms with van der Waals surface area (Å²) in [6.07, 6.45) is 5.06. The molecule has 0 spiro atoms. The van der Waals surface area contributed by atoms with Crippen LogP contribution < -0.4 is 10.6 Å². The number of pyridine rings is 2. The summed E-state index contributed by atoms with van der Waals surface area (Å²) >= 11 is 0. The summed E-state index contributed by atoms with van der Waals surface area (Å²) in [5.74, 6) is -0.452. The van der Waals surface area contributed by atoms with Crippen molar-refractivity contribution in [3.05, 3.63) is 66.0 Å². The molecule has 0 aliphatic heterocycles. The highest BCUT2D eigenvalue weighted by Gasteiger charge is 2.21. The molecular weight excluding hydrogens is 318 g/mol. The van der Waals surface area contributed by atoms with Gasteiger partial charge in [0, 0.05) is 31.2 Å². The monoisotopic (exact) mass is 337 g/mol. The van der Waals surface area contributed by atoms with E-state index in [9.17, 15) is 9.59 Å². The average Bonchev–Trinajstić information content (AvgIpc) is 3.00. The molecule has 3 aromatic rings. The van der Waals surface area contributed by atoms with E-state index in [1.807, 2.05) is 26.0 Å². The molecule has 3 aromatic heterocycles. The molecule has 3 rings (SSSR count). The SMILES string of the molecule is CC(C)NC(=O)c1nc(C(=O)NCc2ccncc2)c2ccccn12. The number of carbonyl (C=O) groups is 2. The molecule has 0 unspecified atom stereocenters. The maximum absolute atomic E-state index is 12.6. The normalized spacial score (nSPS) is 10.8. The molecule has 0 atom stereocenters. The van der Waals surface area contributed by atoms with Crippen molar-refractivity contribution in [3.63, 3.8) is 0 Å². The molecular formula is C18H19N5O2. The summed E-state index contributed by atoms with van der Waals surface area (Å²) in [6.45, 7) is 4.10. The van der Waals surface area contributed by atoms with E-state index in [-0.39, 0.29) is 29.4 Å². The zero-order valence-electron chi connectivity index (χ0n) is 14.1. The lowest BCUT2D eigenvalue weighted by atomic mass is 10.2. The maximum Gasteiger partial charge on any atom is 0.287 e. The van der Waals surface area contributed by atoms with E-state index in [1.54, 1.807) is 41.2 Å². The lowest BCUT2D eigenvalue weighted by Gasteiger charge is -2.06. The highest BCUT2D eigenvalue weighted by Crippen LogP contribution is 2.13.